The quantitative estimate of drug-likeness (QED) is 0.0395. The monoisotopic (exact) mass is 691 g/mol. The number of carbonyl (C=O) groups excluding carboxylic acids is 2. The van der Waals surface area contributed by atoms with E-state index in [9.17, 15) is 14.7 Å². The highest BCUT2D eigenvalue weighted by atomic mass is 16.6. The van der Waals surface area contributed by atoms with Crippen LogP contribution < -0.4 is 0 Å². The maximum atomic E-state index is 12.2. The minimum atomic E-state index is -0.769. The summed E-state index contributed by atoms with van der Waals surface area (Å²) in [5, 5.41) is 9.57. The fraction of sp³-hybridized carbons (Fsp3) is 0.864. The maximum Gasteiger partial charge on any atom is 0.306 e. The normalized spacial score (nSPS) is 12.3. The number of hydrogen-bond donors (Lipinski definition) is 1. The molecular formula is C44H82O5. The summed E-state index contributed by atoms with van der Waals surface area (Å²) in [7, 11) is 0. The molecule has 5 nitrogen and oxygen atoms in total. The Morgan fingerprint density at radius 3 is 1.24 bits per heavy atom. The van der Waals surface area contributed by atoms with Crippen LogP contribution in [-0.2, 0) is 19.1 Å². The smallest absolute Gasteiger partial charge is 0.306 e. The van der Waals surface area contributed by atoms with Crippen LogP contribution in [0.5, 0.6) is 0 Å². The average molecular weight is 691 g/mol. The van der Waals surface area contributed by atoms with Gasteiger partial charge in [-0.25, -0.2) is 0 Å². The third-order valence-electron chi connectivity index (χ3n) is 9.50. The van der Waals surface area contributed by atoms with Gasteiger partial charge in [-0.05, 0) is 44.9 Å². The summed E-state index contributed by atoms with van der Waals surface area (Å²) in [5.41, 5.74) is 0. The molecule has 0 aromatic heterocycles. The summed E-state index contributed by atoms with van der Waals surface area (Å²) in [5.74, 6) is -0.585. The number of esters is 2. The highest BCUT2D eigenvalue weighted by Gasteiger charge is 2.16. The Hall–Kier alpha value is -1.62. The highest BCUT2D eigenvalue weighted by Crippen LogP contribution is 2.15. The molecule has 0 rings (SSSR count). The average Bonchev–Trinajstić information content (AvgIpc) is 3.10. The standard InChI is InChI=1S/C44H82O5/c1-3-5-7-9-11-13-15-17-19-21-22-23-25-27-29-31-33-35-37-39-44(47)49-42(40-45)41-48-43(46)38-36-34-32-30-28-26-24-20-18-16-14-12-10-8-6-4-2/h11,13,17,19,42,45H,3-10,12,14-16,18,20-41H2,1-2H3/b13-11-,19-17-/t42-/m0/s1. The van der Waals surface area contributed by atoms with E-state index in [0.29, 0.717) is 12.8 Å². The van der Waals surface area contributed by atoms with Crippen molar-refractivity contribution in [2.24, 2.45) is 0 Å². The zero-order valence-electron chi connectivity index (χ0n) is 32.7. The second-order valence-corrected chi connectivity index (χ2v) is 14.4. The Morgan fingerprint density at radius 2 is 0.816 bits per heavy atom. The molecule has 1 atom stereocenters. The van der Waals surface area contributed by atoms with Crippen molar-refractivity contribution in [3.63, 3.8) is 0 Å². The number of carbonyl (C=O) groups is 2. The molecule has 5 heteroatoms. The van der Waals surface area contributed by atoms with Crippen molar-refractivity contribution in [1.82, 2.24) is 0 Å². The Bertz CT molecular complexity index is 746. The summed E-state index contributed by atoms with van der Waals surface area (Å²) in [6.07, 6.45) is 48.1. The topological polar surface area (TPSA) is 72.8 Å². The summed E-state index contributed by atoms with van der Waals surface area (Å²) in [6, 6.07) is 0. The van der Waals surface area contributed by atoms with E-state index in [0.717, 1.165) is 44.9 Å². The Balaban J connectivity index is 3.51. The first-order valence-electron chi connectivity index (χ1n) is 21.4. The van der Waals surface area contributed by atoms with Crippen LogP contribution in [0.3, 0.4) is 0 Å². The van der Waals surface area contributed by atoms with Crippen LogP contribution in [0.4, 0.5) is 0 Å². The molecule has 0 aliphatic rings. The van der Waals surface area contributed by atoms with E-state index in [-0.39, 0.29) is 25.2 Å². The zero-order valence-corrected chi connectivity index (χ0v) is 32.7. The number of rotatable bonds is 39. The lowest BCUT2D eigenvalue weighted by Crippen LogP contribution is -2.28. The molecule has 1 N–H and O–H groups in total. The molecule has 0 spiro atoms. The van der Waals surface area contributed by atoms with E-state index < -0.39 is 6.10 Å². The molecule has 0 bridgehead atoms. The van der Waals surface area contributed by atoms with E-state index in [1.165, 1.54) is 154 Å². The Kier molecular flexibility index (Phi) is 39.5. The van der Waals surface area contributed by atoms with Gasteiger partial charge in [-0.3, -0.25) is 9.59 Å². The number of hydrogen-bond acceptors (Lipinski definition) is 5. The molecule has 0 aliphatic heterocycles. The predicted octanol–water partition coefficient (Wildman–Crippen LogP) is 13.5. The number of unbranched alkanes of at least 4 members (excludes halogenated alkanes) is 27. The molecule has 0 radical (unpaired) electrons. The van der Waals surface area contributed by atoms with E-state index in [2.05, 4.69) is 38.2 Å². The molecule has 0 amide bonds. The summed E-state index contributed by atoms with van der Waals surface area (Å²) in [6.45, 7) is 4.13. The highest BCUT2D eigenvalue weighted by molar-refractivity contribution is 5.70. The molecule has 288 valence electrons. The van der Waals surface area contributed by atoms with Crippen molar-refractivity contribution in [2.75, 3.05) is 13.2 Å². The lowest BCUT2D eigenvalue weighted by Gasteiger charge is -2.15. The van der Waals surface area contributed by atoms with Crippen LogP contribution in [0.15, 0.2) is 24.3 Å². The molecule has 0 saturated carbocycles. The van der Waals surface area contributed by atoms with Gasteiger partial charge in [0.05, 0.1) is 6.61 Å². The Labute approximate surface area is 304 Å². The van der Waals surface area contributed by atoms with Crippen LogP contribution in [0.1, 0.15) is 226 Å². The van der Waals surface area contributed by atoms with Crippen molar-refractivity contribution in [1.29, 1.82) is 0 Å². The largest absolute Gasteiger partial charge is 0.462 e. The lowest BCUT2D eigenvalue weighted by molar-refractivity contribution is -0.161. The molecule has 0 saturated heterocycles. The maximum absolute atomic E-state index is 12.2. The van der Waals surface area contributed by atoms with Crippen molar-refractivity contribution >= 4 is 11.9 Å². The van der Waals surface area contributed by atoms with Gasteiger partial charge in [-0.15, -0.1) is 0 Å². The second kappa shape index (κ2) is 40.8. The zero-order chi connectivity index (χ0) is 35.7. The summed E-state index contributed by atoms with van der Waals surface area (Å²) >= 11 is 0. The van der Waals surface area contributed by atoms with Gasteiger partial charge in [0.1, 0.15) is 6.61 Å². The minimum absolute atomic E-state index is 0.0627. The number of ether oxygens (including phenoxy) is 2. The molecule has 0 aromatic rings. The summed E-state index contributed by atoms with van der Waals surface area (Å²) < 4.78 is 10.6. The Morgan fingerprint density at radius 1 is 0.469 bits per heavy atom. The molecule has 0 fully saturated rings. The number of aliphatic hydroxyl groups excluding tert-OH is 1. The first-order chi connectivity index (χ1) is 24.1. The van der Waals surface area contributed by atoms with Gasteiger partial charge in [-0.1, -0.05) is 192 Å². The van der Waals surface area contributed by atoms with Crippen molar-refractivity contribution in [3.05, 3.63) is 24.3 Å². The molecule has 0 aromatic carbocycles. The van der Waals surface area contributed by atoms with Crippen LogP contribution in [-0.4, -0.2) is 36.4 Å². The van der Waals surface area contributed by atoms with Crippen LogP contribution in [0, 0.1) is 0 Å². The van der Waals surface area contributed by atoms with Gasteiger partial charge < -0.3 is 14.6 Å². The van der Waals surface area contributed by atoms with E-state index in [1.54, 1.807) is 0 Å². The number of allylic oxidation sites excluding steroid dienone is 4. The van der Waals surface area contributed by atoms with Gasteiger partial charge in [0, 0.05) is 12.8 Å². The molecule has 49 heavy (non-hydrogen) atoms. The third kappa shape index (κ3) is 39.0. The number of aliphatic hydroxyl groups is 1. The first-order valence-corrected chi connectivity index (χ1v) is 21.4. The van der Waals surface area contributed by atoms with Crippen LogP contribution >= 0.6 is 0 Å². The molecule has 0 aliphatic carbocycles. The molecular weight excluding hydrogens is 608 g/mol. The fourth-order valence-electron chi connectivity index (χ4n) is 6.23. The van der Waals surface area contributed by atoms with Crippen molar-refractivity contribution in [3.8, 4) is 0 Å². The van der Waals surface area contributed by atoms with Crippen molar-refractivity contribution < 1.29 is 24.2 Å². The molecule has 0 unspecified atom stereocenters. The summed E-state index contributed by atoms with van der Waals surface area (Å²) in [4.78, 5) is 24.3. The molecule has 0 heterocycles. The van der Waals surface area contributed by atoms with E-state index >= 15 is 0 Å². The minimum Gasteiger partial charge on any atom is -0.462 e. The van der Waals surface area contributed by atoms with Gasteiger partial charge in [0.25, 0.3) is 0 Å². The van der Waals surface area contributed by atoms with Gasteiger partial charge in [0.15, 0.2) is 6.10 Å². The van der Waals surface area contributed by atoms with Crippen LogP contribution in [0.2, 0.25) is 0 Å². The van der Waals surface area contributed by atoms with Crippen LogP contribution in [0.25, 0.3) is 0 Å². The second-order valence-electron chi connectivity index (χ2n) is 14.4. The first kappa shape index (κ1) is 47.4. The fourth-order valence-corrected chi connectivity index (χ4v) is 6.23. The lowest BCUT2D eigenvalue weighted by atomic mass is 10.0. The van der Waals surface area contributed by atoms with Gasteiger partial charge >= 0.3 is 11.9 Å². The third-order valence-corrected chi connectivity index (χ3v) is 9.50. The SMILES string of the molecule is CCCCC/C=C\C/C=C\CCCCCCCCCCCC(=O)O[C@@H](CO)COC(=O)CCCCCCCCCCCCCCCCCC. The van der Waals surface area contributed by atoms with Gasteiger partial charge in [0.2, 0.25) is 0 Å². The predicted molar refractivity (Wildman–Crippen MR) is 210 cm³/mol. The van der Waals surface area contributed by atoms with E-state index in [4.69, 9.17) is 9.47 Å². The van der Waals surface area contributed by atoms with E-state index in [1.807, 2.05) is 0 Å². The van der Waals surface area contributed by atoms with Crippen molar-refractivity contribution in [2.45, 2.75) is 232 Å². The van der Waals surface area contributed by atoms with Gasteiger partial charge in [-0.2, -0.15) is 0 Å².